The largest absolute Gasteiger partial charge is 0.294 e. The maximum absolute atomic E-state index is 11.4. The molecule has 0 aliphatic heterocycles. The molecule has 0 aliphatic rings. The lowest BCUT2D eigenvalue weighted by Gasteiger charge is -2.09. The van der Waals surface area contributed by atoms with Crippen LogP contribution in [-0.2, 0) is 17.0 Å². The number of carbonyl (C=O) groups is 1. The molecule has 3 nitrogen and oxygen atoms in total. The SMILES string of the molecule is NNC(=O)Cc1ccccc1CSc1cccc(Br)c1. The van der Waals surface area contributed by atoms with Crippen molar-refractivity contribution in [3.05, 3.63) is 64.1 Å². The highest BCUT2D eigenvalue weighted by molar-refractivity contribution is 9.10. The molecule has 1 amide bonds. The minimum Gasteiger partial charge on any atom is -0.294 e. The maximum atomic E-state index is 11.4. The first kappa shape index (κ1) is 15.1. The number of nitrogens with one attached hydrogen (secondary N) is 1. The third-order valence-corrected chi connectivity index (χ3v) is 4.36. The molecule has 3 N–H and O–H groups in total. The van der Waals surface area contributed by atoms with Crippen LogP contribution in [0.2, 0.25) is 0 Å². The van der Waals surface area contributed by atoms with Gasteiger partial charge in [-0.25, -0.2) is 5.84 Å². The van der Waals surface area contributed by atoms with Gasteiger partial charge >= 0.3 is 0 Å². The first-order valence-electron chi connectivity index (χ1n) is 6.13. The van der Waals surface area contributed by atoms with Crippen LogP contribution in [0.15, 0.2) is 57.9 Å². The van der Waals surface area contributed by atoms with Crippen LogP contribution < -0.4 is 11.3 Å². The molecule has 0 atom stereocenters. The minimum absolute atomic E-state index is 0.176. The Morgan fingerprint density at radius 1 is 1.15 bits per heavy atom. The summed E-state index contributed by atoms with van der Waals surface area (Å²) >= 11 is 5.21. The van der Waals surface area contributed by atoms with E-state index >= 15 is 0 Å². The number of rotatable bonds is 5. The number of hydrogen-bond acceptors (Lipinski definition) is 3. The summed E-state index contributed by atoms with van der Waals surface area (Å²) in [6.45, 7) is 0. The molecule has 20 heavy (non-hydrogen) atoms. The molecule has 0 radical (unpaired) electrons. The topological polar surface area (TPSA) is 55.1 Å². The van der Waals surface area contributed by atoms with E-state index < -0.39 is 0 Å². The Hall–Kier alpha value is -1.30. The lowest BCUT2D eigenvalue weighted by Crippen LogP contribution is -2.31. The quantitative estimate of drug-likeness (QED) is 0.376. The fourth-order valence-electron chi connectivity index (χ4n) is 1.81. The number of thioether (sulfide) groups is 1. The van der Waals surface area contributed by atoms with Gasteiger partial charge in [0.15, 0.2) is 0 Å². The summed E-state index contributed by atoms with van der Waals surface area (Å²) in [5, 5.41) is 0. The number of halogens is 1. The van der Waals surface area contributed by atoms with Gasteiger partial charge in [0.05, 0.1) is 6.42 Å². The molecule has 0 bridgehead atoms. The molecule has 0 saturated carbocycles. The fraction of sp³-hybridized carbons (Fsp3) is 0.133. The first-order valence-corrected chi connectivity index (χ1v) is 7.91. The van der Waals surface area contributed by atoms with Gasteiger partial charge in [-0.05, 0) is 29.3 Å². The van der Waals surface area contributed by atoms with Crippen LogP contribution in [0.25, 0.3) is 0 Å². The molecular weight excluding hydrogens is 336 g/mol. The Morgan fingerprint density at radius 3 is 2.60 bits per heavy atom. The molecule has 0 spiro atoms. The molecule has 0 heterocycles. The smallest absolute Gasteiger partial charge is 0.238 e. The second-order valence-electron chi connectivity index (χ2n) is 4.26. The van der Waals surface area contributed by atoms with Crippen molar-refractivity contribution in [3.8, 4) is 0 Å². The molecule has 0 aromatic heterocycles. The van der Waals surface area contributed by atoms with E-state index in [0.29, 0.717) is 6.42 Å². The zero-order chi connectivity index (χ0) is 14.4. The lowest BCUT2D eigenvalue weighted by atomic mass is 10.1. The standard InChI is InChI=1S/C15H15BrN2OS/c16-13-6-3-7-14(9-13)20-10-12-5-2-1-4-11(12)8-15(19)18-17/h1-7,9H,8,10,17H2,(H,18,19). The zero-order valence-corrected chi connectivity index (χ0v) is 13.2. The molecule has 0 unspecified atom stereocenters. The van der Waals surface area contributed by atoms with Gasteiger partial charge in [0, 0.05) is 15.1 Å². The van der Waals surface area contributed by atoms with Crippen molar-refractivity contribution in [1.82, 2.24) is 5.43 Å². The van der Waals surface area contributed by atoms with Gasteiger partial charge in [-0.2, -0.15) is 0 Å². The fourth-order valence-corrected chi connectivity index (χ4v) is 3.35. The molecule has 0 aliphatic carbocycles. The molecule has 2 rings (SSSR count). The molecule has 2 aromatic rings. The second kappa shape index (κ2) is 7.47. The van der Waals surface area contributed by atoms with Crippen molar-refractivity contribution >= 4 is 33.6 Å². The van der Waals surface area contributed by atoms with E-state index in [4.69, 9.17) is 5.84 Å². The van der Waals surface area contributed by atoms with Gasteiger partial charge < -0.3 is 0 Å². The van der Waals surface area contributed by atoms with Gasteiger partial charge in [0.1, 0.15) is 0 Å². The Labute approximate surface area is 131 Å². The Morgan fingerprint density at radius 2 is 1.90 bits per heavy atom. The Bertz CT molecular complexity index is 604. The first-order chi connectivity index (χ1) is 9.69. The number of nitrogens with two attached hydrogens (primary N) is 1. The van der Waals surface area contributed by atoms with Gasteiger partial charge in [0.2, 0.25) is 5.91 Å². The Balaban J connectivity index is 2.07. The van der Waals surface area contributed by atoms with E-state index in [9.17, 15) is 4.79 Å². The molecule has 0 fully saturated rings. The van der Waals surface area contributed by atoms with Gasteiger partial charge in [-0.1, -0.05) is 46.3 Å². The van der Waals surface area contributed by atoms with Gasteiger partial charge in [0.25, 0.3) is 0 Å². The van der Waals surface area contributed by atoms with Crippen molar-refractivity contribution in [2.24, 2.45) is 5.84 Å². The van der Waals surface area contributed by atoms with Crippen molar-refractivity contribution in [3.63, 3.8) is 0 Å². The van der Waals surface area contributed by atoms with Gasteiger partial charge in [-0.3, -0.25) is 10.2 Å². The summed E-state index contributed by atoms with van der Waals surface area (Å²) in [6.07, 6.45) is 0.311. The van der Waals surface area contributed by atoms with E-state index in [1.165, 1.54) is 4.90 Å². The molecular formula is C15H15BrN2OS. The lowest BCUT2D eigenvalue weighted by molar-refractivity contribution is -0.120. The number of benzene rings is 2. The third-order valence-electron chi connectivity index (χ3n) is 2.82. The summed E-state index contributed by atoms with van der Waals surface area (Å²) in [5.41, 5.74) is 4.34. The normalized spacial score (nSPS) is 10.3. The van der Waals surface area contributed by atoms with Crippen molar-refractivity contribution < 1.29 is 4.79 Å². The van der Waals surface area contributed by atoms with E-state index in [0.717, 1.165) is 21.4 Å². The van der Waals surface area contributed by atoms with Crippen LogP contribution in [0.5, 0.6) is 0 Å². The third kappa shape index (κ3) is 4.37. The average molecular weight is 351 g/mol. The average Bonchev–Trinajstić information content (AvgIpc) is 2.46. The number of amides is 1. The maximum Gasteiger partial charge on any atom is 0.238 e. The summed E-state index contributed by atoms with van der Waals surface area (Å²) < 4.78 is 1.07. The van der Waals surface area contributed by atoms with E-state index in [-0.39, 0.29) is 5.91 Å². The molecule has 5 heteroatoms. The number of carbonyl (C=O) groups excluding carboxylic acids is 1. The summed E-state index contributed by atoms with van der Waals surface area (Å²) in [4.78, 5) is 12.6. The molecule has 0 saturated heterocycles. The number of hydrogen-bond donors (Lipinski definition) is 2. The highest BCUT2D eigenvalue weighted by Crippen LogP contribution is 2.26. The van der Waals surface area contributed by atoms with Crippen LogP contribution >= 0.6 is 27.7 Å². The van der Waals surface area contributed by atoms with Crippen LogP contribution in [-0.4, -0.2) is 5.91 Å². The molecule has 2 aromatic carbocycles. The predicted molar refractivity (Wildman–Crippen MR) is 86.2 cm³/mol. The Kier molecular flexibility index (Phi) is 5.64. The van der Waals surface area contributed by atoms with Crippen molar-refractivity contribution in [1.29, 1.82) is 0 Å². The van der Waals surface area contributed by atoms with Crippen LogP contribution in [0, 0.1) is 0 Å². The summed E-state index contributed by atoms with van der Waals surface area (Å²) in [6, 6.07) is 16.1. The van der Waals surface area contributed by atoms with Gasteiger partial charge in [-0.15, -0.1) is 11.8 Å². The zero-order valence-electron chi connectivity index (χ0n) is 10.8. The van der Waals surface area contributed by atoms with Crippen LogP contribution in [0.1, 0.15) is 11.1 Å². The second-order valence-corrected chi connectivity index (χ2v) is 6.22. The highest BCUT2D eigenvalue weighted by atomic mass is 79.9. The van der Waals surface area contributed by atoms with E-state index in [1.807, 2.05) is 36.4 Å². The minimum atomic E-state index is -0.176. The van der Waals surface area contributed by atoms with Crippen molar-refractivity contribution in [2.45, 2.75) is 17.1 Å². The van der Waals surface area contributed by atoms with Crippen LogP contribution in [0.4, 0.5) is 0 Å². The highest BCUT2D eigenvalue weighted by Gasteiger charge is 2.07. The molecule has 104 valence electrons. The van der Waals surface area contributed by atoms with Crippen LogP contribution in [0.3, 0.4) is 0 Å². The number of hydrazine groups is 1. The van der Waals surface area contributed by atoms with E-state index in [1.54, 1.807) is 11.8 Å². The summed E-state index contributed by atoms with van der Waals surface area (Å²) in [5.74, 6) is 5.79. The monoisotopic (exact) mass is 350 g/mol. The van der Waals surface area contributed by atoms with Crippen molar-refractivity contribution in [2.75, 3.05) is 0 Å². The summed E-state index contributed by atoms with van der Waals surface area (Å²) in [7, 11) is 0. The predicted octanol–water partition coefficient (Wildman–Crippen LogP) is 3.27. The van der Waals surface area contributed by atoms with E-state index in [2.05, 4.69) is 33.5 Å².